The molecule has 0 saturated heterocycles. The molecule has 1 aromatic carbocycles. The fourth-order valence-corrected chi connectivity index (χ4v) is 1.77. The van der Waals surface area contributed by atoms with Crippen molar-refractivity contribution in [2.24, 2.45) is 0 Å². The van der Waals surface area contributed by atoms with Crippen LogP contribution in [0.2, 0.25) is 5.02 Å². The highest BCUT2D eigenvalue weighted by molar-refractivity contribution is 14.1. The van der Waals surface area contributed by atoms with Gasteiger partial charge in [0.1, 0.15) is 5.52 Å². The predicted octanol–water partition coefficient (Wildman–Crippen LogP) is 2.64. The van der Waals surface area contributed by atoms with Crippen molar-refractivity contribution < 1.29 is 4.42 Å². The quantitative estimate of drug-likeness (QED) is 0.594. The SMILES string of the molecule is O=c1oc2cccc(Cl)c2n1CC#CI. The first kappa shape index (κ1) is 10.6. The Kier molecular flexibility index (Phi) is 3.03. The molecule has 0 spiro atoms. The largest absolute Gasteiger partial charge is 0.420 e. The van der Waals surface area contributed by atoms with E-state index in [-0.39, 0.29) is 0 Å². The van der Waals surface area contributed by atoms with Crippen molar-refractivity contribution in [3.05, 3.63) is 33.8 Å². The fraction of sp³-hybridized carbons (Fsp3) is 0.100. The van der Waals surface area contributed by atoms with Crippen molar-refractivity contribution in [3.8, 4) is 9.85 Å². The monoisotopic (exact) mass is 333 g/mol. The minimum Gasteiger partial charge on any atom is -0.408 e. The van der Waals surface area contributed by atoms with E-state index in [9.17, 15) is 4.79 Å². The summed E-state index contributed by atoms with van der Waals surface area (Å²) in [6.07, 6.45) is 0. The van der Waals surface area contributed by atoms with Crippen molar-refractivity contribution in [1.29, 1.82) is 0 Å². The number of halogens is 2. The van der Waals surface area contributed by atoms with E-state index in [4.69, 9.17) is 16.0 Å². The summed E-state index contributed by atoms with van der Waals surface area (Å²) in [6.45, 7) is 0.290. The van der Waals surface area contributed by atoms with Gasteiger partial charge in [-0.15, -0.1) is 0 Å². The van der Waals surface area contributed by atoms with Crippen LogP contribution in [0.5, 0.6) is 0 Å². The van der Waals surface area contributed by atoms with Gasteiger partial charge in [0.25, 0.3) is 0 Å². The van der Waals surface area contributed by atoms with Crippen LogP contribution in [0.3, 0.4) is 0 Å². The summed E-state index contributed by atoms with van der Waals surface area (Å²) in [5.41, 5.74) is 1.09. The molecule has 0 N–H and O–H groups in total. The zero-order valence-corrected chi connectivity index (χ0v) is 10.4. The number of benzene rings is 1. The molecule has 76 valence electrons. The molecule has 0 radical (unpaired) electrons. The van der Waals surface area contributed by atoms with Crippen molar-refractivity contribution in [2.45, 2.75) is 6.54 Å². The Morgan fingerprint density at radius 2 is 2.33 bits per heavy atom. The highest BCUT2D eigenvalue weighted by atomic mass is 127. The lowest BCUT2D eigenvalue weighted by Gasteiger charge is -1.96. The average molecular weight is 334 g/mol. The topological polar surface area (TPSA) is 35.1 Å². The van der Waals surface area contributed by atoms with E-state index in [1.165, 1.54) is 4.57 Å². The van der Waals surface area contributed by atoms with Crippen LogP contribution in [0.15, 0.2) is 27.4 Å². The molecule has 0 aliphatic rings. The molecule has 0 aliphatic carbocycles. The maximum Gasteiger partial charge on any atom is 0.420 e. The second-order valence-electron chi connectivity index (χ2n) is 2.81. The van der Waals surface area contributed by atoms with Gasteiger partial charge in [-0.1, -0.05) is 23.6 Å². The van der Waals surface area contributed by atoms with E-state index >= 15 is 0 Å². The Morgan fingerprint density at radius 1 is 1.53 bits per heavy atom. The second-order valence-corrected chi connectivity index (χ2v) is 3.76. The van der Waals surface area contributed by atoms with Crippen molar-refractivity contribution in [2.75, 3.05) is 0 Å². The van der Waals surface area contributed by atoms with E-state index in [0.717, 1.165) is 0 Å². The molecule has 0 aliphatic heterocycles. The maximum atomic E-state index is 11.5. The molecular formula is C10H5ClINO2. The molecule has 15 heavy (non-hydrogen) atoms. The van der Waals surface area contributed by atoms with Gasteiger partial charge < -0.3 is 4.42 Å². The average Bonchev–Trinajstić information content (AvgIpc) is 2.53. The van der Waals surface area contributed by atoms with Crippen LogP contribution in [-0.4, -0.2) is 4.57 Å². The highest BCUT2D eigenvalue weighted by Crippen LogP contribution is 2.21. The second kappa shape index (κ2) is 4.29. The number of para-hydroxylation sites is 1. The van der Waals surface area contributed by atoms with Crippen molar-refractivity contribution in [3.63, 3.8) is 0 Å². The van der Waals surface area contributed by atoms with Crippen LogP contribution in [0.4, 0.5) is 0 Å². The van der Waals surface area contributed by atoms with E-state index in [0.29, 0.717) is 22.7 Å². The summed E-state index contributed by atoms with van der Waals surface area (Å²) >= 11 is 7.90. The summed E-state index contributed by atoms with van der Waals surface area (Å²) in [5.74, 6) is 2.36. The fourth-order valence-electron chi connectivity index (χ4n) is 1.33. The van der Waals surface area contributed by atoms with Gasteiger partial charge in [0.05, 0.1) is 11.6 Å². The Bertz CT molecular complexity index is 618. The number of nitrogens with zero attached hydrogens (tertiary/aromatic N) is 1. The van der Waals surface area contributed by atoms with Crippen LogP contribution in [0.25, 0.3) is 11.1 Å². The Hall–Kier alpha value is -0.930. The molecule has 0 atom stereocenters. The summed E-state index contributed by atoms with van der Waals surface area (Å²) in [4.78, 5) is 11.5. The molecule has 2 aromatic rings. The maximum absolute atomic E-state index is 11.5. The molecule has 0 bridgehead atoms. The highest BCUT2D eigenvalue weighted by Gasteiger charge is 2.10. The summed E-state index contributed by atoms with van der Waals surface area (Å²) in [6, 6.07) is 5.16. The molecule has 3 nitrogen and oxygen atoms in total. The molecule has 1 heterocycles. The van der Waals surface area contributed by atoms with Crippen LogP contribution in [0.1, 0.15) is 0 Å². The minimum atomic E-state index is -0.433. The third-order valence-electron chi connectivity index (χ3n) is 1.94. The van der Waals surface area contributed by atoms with Gasteiger partial charge in [-0.25, -0.2) is 4.79 Å². The van der Waals surface area contributed by atoms with Gasteiger partial charge in [-0.3, -0.25) is 4.57 Å². The van der Waals surface area contributed by atoms with Crippen molar-refractivity contribution >= 4 is 45.3 Å². The van der Waals surface area contributed by atoms with Gasteiger partial charge >= 0.3 is 5.76 Å². The third kappa shape index (κ3) is 1.90. The van der Waals surface area contributed by atoms with Gasteiger partial charge in [0.2, 0.25) is 0 Å². The van der Waals surface area contributed by atoms with Gasteiger partial charge in [-0.05, 0) is 16.1 Å². The normalized spacial score (nSPS) is 10.0. The number of fused-ring (bicyclic) bond motifs is 1. The molecule has 0 amide bonds. The van der Waals surface area contributed by atoms with Crippen molar-refractivity contribution in [1.82, 2.24) is 4.57 Å². The summed E-state index contributed by atoms with van der Waals surface area (Å²) in [5, 5.41) is 0.494. The number of hydrogen-bond donors (Lipinski definition) is 0. The zero-order valence-electron chi connectivity index (χ0n) is 7.46. The van der Waals surface area contributed by atoms with E-state index in [1.54, 1.807) is 18.2 Å². The number of oxazole rings is 1. The molecule has 0 fully saturated rings. The Morgan fingerprint density at radius 3 is 3.07 bits per heavy atom. The summed E-state index contributed by atoms with van der Waals surface area (Å²) in [7, 11) is 0. The lowest BCUT2D eigenvalue weighted by molar-refractivity contribution is 0.521. The smallest absolute Gasteiger partial charge is 0.408 e. The first-order valence-corrected chi connectivity index (χ1v) is 5.56. The predicted molar refractivity (Wildman–Crippen MR) is 67.3 cm³/mol. The van der Waals surface area contributed by atoms with E-state index < -0.39 is 5.76 Å². The molecule has 5 heteroatoms. The number of aromatic nitrogens is 1. The van der Waals surface area contributed by atoms with Crippen LogP contribution in [-0.2, 0) is 6.54 Å². The molecular weight excluding hydrogens is 328 g/mol. The van der Waals surface area contributed by atoms with Crippen LogP contribution >= 0.6 is 34.2 Å². The zero-order chi connectivity index (χ0) is 10.8. The van der Waals surface area contributed by atoms with E-state index in [2.05, 4.69) is 9.85 Å². The van der Waals surface area contributed by atoms with Gasteiger partial charge in [-0.2, -0.15) is 0 Å². The van der Waals surface area contributed by atoms with Crippen LogP contribution in [0, 0.1) is 9.85 Å². The minimum absolute atomic E-state index is 0.290. The first-order valence-electron chi connectivity index (χ1n) is 4.10. The Labute approximate surface area is 104 Å². The molecule has 0 unspecified atom stereocenters. The molecule has 1 aromatic heterocycles. The van der Waals surface area contributed by atoms with Crippen LogP contribution < -0.4 is 5.76 Å². The standard InChI is InChI=1S/C10H5ClINO2/c11-7-3-1-4-8-9(7)13(6-2-5-12)10(14)15-8/h1,3-4H,6H2. The van der Waals surface area contributed by atoms with E-state index in [1.807, 2.05) is 22.6 Å². The lowest BCUT2D eigenvalue weighted by atomic mass is 10.3. The molecule has 2 rings (SSSR count). The first-order chi connectivity index (χ1) is 7.24. The third-order valence-corrected chi connectivity index (χ3v) is 2.63. The van der Waals surface area contributed by atoms with Gasteiger partial charge in [0.15, 0.2) is 5.58 Å². The number of hydrogen-bond acceptors (Lipinski definition) is 2. The number of rotatable bonds is 1. The lowest BCUT2D eigenvalue weighted by Crippen LogP contribution is -2.13. The molecule has 0 saturated carbocycles. The summed E-state index contributed by atoms with van der Waals surface area (Å²) < 4.78 is 9.14. The Balaban J connectivity index is 2.74. The van der Waals surface area contributed by atoms with Gasteiger partial charge in [0, 0.05) is 22.6 Å².